The molecule has 2 heterocycles. The normalized spacial score (nSPS) is 16.0. The van der Waals surface area contributed by atoms with E-state index in [9.17, 15) is 10.1 Å². The van der Waals surface area contributed by atoms with E-state index in [1.54, 1.807) is 18.2 Å². The van der Waals surface area contributed by atoms with Gasteiger partial charge in [0.05, 0.1) is 40.2 Å². The van der Waals surface area contributed by atoms with Gasteiger partial charge >= 0.3 is 0 Å². The van der Waals surface area contributed by atoms with E-state index >= 15 is 0 Å². The Hall–Kier alpha value is -3.06. The summed E-state index contributed by atoms with van der Waals surface area (Å²) >= 11 is 3.61. The molecule has 3 aromatic carbocycles. The summed E-state index contributed by atoms with van der Waals surface area (Å²) in [5, 5.41) is 18.8. The molecular formula is C29H31BrN5O2P. The highest BCUT2D eigenvalue weighted by atomic mass is 79.9. The molecule has 1 fully saturated rings. The topological polar surface area (TPSA) is 76.6 Å². The van der Waals surface area contributed by atoms with E-state index < -0.39 is 7.21 Å². The van der Waals surface area contributed by atoms with Crippen molar-refractivity contribution < 1.29 is 4.92 Å². The average molecular weight is 592 g/mol. The van der Waals surface area contributed by atoms with Crippen LogP contribution in [0.4, 0.5) is 11.4 Å². The van der Waals surface area contributed by atoms with Crippen LogP contribution in [0.2, 0.25) is 0 Å². The fourth-order valence-corrected chi connectivity index (χ4v) is 10.1. The number of aryl methyl sites for hydroxylation is 1. The van der Waals surface area contributed by atoms with Crippen LogP contribution in [0.5, 0.6) is 0 Å². The Balaban J connectivity index is 1.87. The number of benzene rings is 3. The quantitative estimate of drug-likeness (QED) is 0.133. The van der Waals surface area contributed by atoms with Crippen LogP contribution in [-0.4, -0.2) is 32.5 Å². The zero-order valence-electron chi connectivity index (χ0n) is 21.6. The molecule has 0 aliphatic carbocycles. The monoisotopic (exact) mass is 591 g/mol. The number of para-hydroxylation sites is 1. The Kier molecular flexibility index (Phi) is 7.93. The third kappa shape index (κ3) is 5.00. The number of halogens is 1. The third-order valence-corrected chi connectivity index (χ3v) is 11.7. The Labute approximate surface area is 231 Å². The van der Waals surface area contributed by atoms with Crippen molar-refractivity contribution in [3.05, 3.63) is 105 Å². The number of hydrogen-bond donors (Lipinski definition) is 0. The molecule has 0 spiro atoms. The highest BCUT2D eigenvalue weighted by molar-refractivity contribution is 9.10. The van der Waals surface area contributed by atoms with Gasteiger partial charge in [0.15, 0.2) is 0 Å². The predicted molar refractivity (Wildman–Crippen MR) is 159 cm³/mol. The van der Waals surface area contributed by atoms with E-state index in [4.69, 9.17) is 9.84 Å². The molecule has 1 aliphatic rings. The maximum Gasteiger partial charge on any atom is 0.270 e. The number of hydrogen-bond acceptors (Lipinski definition) is 4. The van der Waals surface area contributed by atoms with Crippen LogP contribution in [0.25, 0.3) is 5.69 Å². The molecular weight excluding hydrogens is 561 g/mol. The third-order valence-electron chi connectivity index (χ3n) is 7.07. The second-order valence-electron chi connectivity index (χ2n) is 9.56. The summed E-state index contributed by atoms with van der Waals surface area (Å²) in [5.74, 6) is 0. The number of aromatic nitrogens is 2. The van der Waals surface area contributed by atoms with Crippen molar-refractivity contribution >= 4 is 45.1 Å². The zero-order valence-corrected chi connectivity index (χ0v) is 24.1. The molecule has 38 heavy (non-hydrogen) atoms. The molecule has 0 saturated carbocycles. The largest absolute Gasteiger partial charge is 0.270 e. The lowest BCUT2D eigenvalue weighted by Gasteiger charge is -2.37. The minimum atomic E-state index is -2.59. The molecule has 4 aromatic rings. The molecule has 0 amide bonds. The summed E-state index contributed by atoms with van der Waals surface area (Å²) in [5.41, 5.74) is 3.78. The molecule has 1 aromatic heterocycles. The van der Waals surface area contributed by atoms with Crippen LogP contribution in [0.1, 0.15) is 37.1 Å². The molecule has 9 heteroatoms. The van der Waals surface area contributed by atoms with E-state index in [0.717, 1.165) is 53.6 Å². The van der Waals surface area contributed by atoms with Gasteiger partial charge in [-0.1, -0.05) is 61.4 Å². The van der Waals surface area contributed by atoms with Gasteiger partial charge in [-0.15, -0.1) is 0 Å². The fraction of sp³-hybridized carbons (Fsp3) is 0.276. The summed E-state index contributed by atoms with van der Waals surface area (Å²) in [6.45, 7) is 6.09. The highest BCUT2D eigenvalue weighted by Crippen LogP contribution is 2.56. The summed E-state index contributed by atoms with van der Waals surface area (Å²) in [6, 6.07) is 25.6. The minimum Gasteiger partial charge on any atom is -0.262 e. The lowest BCUT2D eigenvalue weighted by Crippen LogP contribution is -2.35. The Morgan fingerprint density at radius 2 is 1.55 bits per heavy atom. The maximum absolute atomic E-state index is 11.4. The van der Waals surface area contributed by atoms with Crippen molar-refractivity contribution in [2.45, 2.75) is 39.5 Å². The van der Waals surface area contributed by atoms with E-state index in [2.05, 4.69) is 70.8 Å². The molecule has 1 atom stereocenters. The van der Waals surface area contributed by atoms with Crippen LogP contribution in [0, 0.1) is 24.0 Å². The van der Waals surface area contributed by atoms with Gasteiger partial charge < -0.3 is 0 Å². The van der Waals surface area contributed by atoms with Crippen molar-refractivity contribution in [2.75, 3.05) is 13.1 Å². The molecule has 0 N–H and O–H groups in total. The Morgan fingerprint density at radius 3 is 2.16 bits per heavy atom. The molecule has 196 valence electrons. The predicted octanol–water partition coefficient (Wildman–Crippen LogP) is 7.43. The number of non-ortho nitro benzene ring substituents is 1. The van der Waals surface area contributed by atoms with Gasteiger partial charge in [-0.05, 0) is 60.8 Å². The molecule has 1 saturated heterocycles. The van der Waals surface area contributed by atoms with Gasteiger partial charge in [0.1, 0.15) is 0 Å². The van der Waals surface area contributed by atoms with E-state index in [0.29, 0.717) is 10.2 Å². The van der Waals surface area contributed by atoms with Gasteiger partial charge in [-0.3, -0.25) is 14.8 Å². The second kappa shape index (κ2) is 11.4. The van der Waals surface area contributed by atoms with E-state index in [1.807, 2.05) is 28.9 Å². The smallest absolute Gasteiger partial charge is 0.262 e. The zero-order chi connectivity index (χ0) is 26.7. The van der Waals surface area contributed by atoms with Crippen molar-refractivity contribution in [3.8, 4) is 5.69 Å². The number of nitrogens with zero attached hydrogens (tertiary/aromatic N) is 5. The maximum atomic E-state index is 11.4. The van der Waals surface area contributed by atoms with Gasteiger partial charge in [-0.2, -0.15) is 5.10 Å². The van der Waals surface area contributed by atoms with Crippen molar-refractivity contribution in [2.24, 2.45) is 4.74 Å². The summed E-state index contributed by atoms with van der Waals surface area (Å²) in [7, 11) is -2.59. The lowest BCUT2D eigenvalue weighted by molar-refractivity contribution is -0.384. The molecule has 7 nitrogen and oxygen atoms in total. The first-order valence-electron chi connectivity index (χ1n) is 12.9. The number of nitro groups is 1. The average Bonchev–Trinajstić information content (AvgIpc) is 3.09. The van der Waals surface area contributed by atoms with Crippen LogP contribution in [0.3, 0.4) is 0 Å². The van der Waals surface area contributed by atoms with Gasteiger partial charge in [0.25, 0.3) is 5.69 Å². The summed E-state index contributed by atoms with van der Waals surface area (Å²) < 4.78 is 10.9. The Bertz CT molecular complexity index is 1500. The SMILES string of the molecule is Cc1nn(-c2ccccc2)c(C)c1P(=Nc1ccc([N+](=O)[O-])cc1Br)(c1ccccc1)N1CCCCCC1. The van der Waals surface area contributed by atoms with E-state index in [-0.39, 0.29) is 10.6 Å². The first-order chi connectivity index (χ1) is 18.4. The number of nitro benzene ring substituents is 1. The molecule has 1 unspecified atom stereocenters. The second-order valence-corrected chi connectivity index (χ2v) is 13.4. The van der Waals surface area contributed by atoms with Crippen LogP contribution in [0.15, 0.2) is 88.1 Å². The molecule has 0 radical (unpaired) electrons. The minimum absolute atomic E-state index is 0.0403. The lowest BCUT2D eigenvalue weighted by atomic mass is 10.2. The van der Waals surface area contributed by atoms with Gasteiger partial charge in [0, 0.05) is 35.0 Å². The van der Waals surface area contributed by atoms with Crippen LogP contribution >= 0.6 is 23.1 Å². The number of rotatable bonds is 6. The molecule has 0 bridgehead atoms. The standard InChI is InChI=1S/C29H31BrN5O2P/c1-22-29(23(2)34(31-22)24-13-7-5-8-14-24)38(26-15-9-6-10-16-26,33-19-11-3-4-12-20-33)32-28-18-17-25(35(36)37)21-27(28)30/h5-10,13-18,21H,3-4,11-12,19-20H2,1-2H3. The first kappa shape index (κ1) is 26.5. The van der Waals surface area contributed by atoms with Crippen LogP contribution < -0.4 is 10.6 Å². The molecule has 1 aliphatic heterocycles. The Morgan fingerprint density at radius 1 is 0.921 bits per heavy atom. The van der Waals surface area contributed by atoms with Crippen molar-refractivity contribution in [1.29, 1.82) is 0 Å². The molecule has 5 rings (SSSR count). The van der Waals surface area contributed by atoms with Crippen molar-refractivity contribution in [1.82, 2.24) is 14.5 Å². The van der Waals surface area contributed by atoms with Crippen molar-refractivity contribution in [3.63, 3.8) is 0 Å². The summed E-state index contributed by atoms with van der Waals surface area (Å²) in [6.07, 6.45) is 4.62. The first-order valence-corrected chi connectivity index (χ1v) is 15.4. The van der Waals surface area contributed by atoms with E-state index in [1.165, 1.54) is 12.8 Å². The highest BCUT2D eigenvalue weighted by Gasteiger charge is 2.38. The fourth-order valence-electron chi connectivity index (χ4n) is 5.34. The summed E-state index contributed by atoms with van der Waals surface area (Å²) in [4.78, 5) is 11.1. The van der Waals surface area contributed by atoms with Crippen LogP contribution in [-0.2, 0) is 0 Å². The van der Waals surface area contributed by atoms with Gasteiger partial charge in [-0.25, -0.2) is 9.43 Å². The van der Waals surface area contributed by atoms with Gasteiger partial charge in [0.2, 0.25) is 0 Å².